The Balaban J connectivity index is 2.78. The maximum Gasteiger partial charge on any atom is 0.232 e. The van der Waals surface area contributed by atoms with E-state index in [9.17, 15) is 21.6 Å². The van der Waals surface area contributed by atoms with Gasteiger partial charge in [-0.2, -0.15) is 0 Å². The van der Waals surface area contributed by atoms with Crippen molar-refractivity contribution in [3.8, 4) is 0 Å². The number of rotatable bonds is 6. The van der Waals surface area contributed by atoms with Crippen LogP contribution < -0.4 is 10.0 Å². The van der Waals surface area contributed by atoms with Crippen molar-refractivity contribution < 1.29 is 21.6 Å². The molecule has 0 atom stereocenters. The molecule has 8 heteroatoms. The van der Waals surface area contributed by atoms with Crippen LogP contribution in [0.25, 0.3) is 0 Å². The zero-order valence-electron chi connectivity index (χ0n) is 9.63. The van der Waals surface area contributed by atoms with Crippen LogP contribution in [0.3, 0.4) is 0 Å². The second-order valence-electron chi connectivity index (χ2n) is 3.63. The highest BCUT2D eigenvalue weighted by Gasteiger charge is 2.15. The Bertz CT molecular complexity index is 497. The Morgan fingerprint density at radius 3 is 2.22 bits per heavy atom. The van der Waals surface area contributed by atoms with Gasteiger partial charge >= 0.3 is 0 Å². The molecule has 0 saturated carbocycles. The second kappa shape index (κ2) is 6.05. The van der Waals surface area contributed by atoms with Gasteiger partial charge < -0.3 is 5.32 Å². The summed E-state index contributed by atoms with van der Waals surface area (Å²) in [4.78, 5) is 0. The van der Waals surface area contributed by atoms with Crippen molar-refractivity contribution in [1.82, 2.24) is 5.32 Å². The first-order chi connectivity index (χ1) is 8.35. The highest BCUT2D eigenvalue weighted by Crippen LogP contribution is 2.18. The Morgan fingerprint density at radius 2 is 1.72 bits per heavy atom. The standard InChI is InChI=1S/C10H13F3N2O2S/c1-14-3-2-4-18(16,17)15-7-5-8(11)10(13)9(12)6-7/h5-6,14-15H,2-4H2,1H3. The van der Waals surface area contributed by atoms with E-state index in [0.717, 1.165) is 0 Å². The summed E-state index contributed by atoms with van der Waals surface area (Å²) in [6.07, 6.45) is 0.345. The number of benzene rings is 1. The fourth-order valence-electron chi connectivity index (χ4n) is 1.28. The van der Waals surface area contributed by atoms with Gasteiger partial charge in [0.1, 0.15) is 0 Å². The number of hydrogen-bond donors (Lipinski definition) is 2. The van der Waals surface area contributed by atoms with E-state index in [0.29, 0.717) is 25.1 Å². The lowest BCUT2D eigenvalue weighted by molar-refractivity contribution is 0.448. The van der Waals surface area contributed by atoms with Crippen LogP contribution >= 0.6 is 0 Å². The summed E-state index contributed by atoms with van der Waals surface area (Å²) in [5.74, 6) is -4.71. The Kier molecular flexibility index (Phi) is 4.97. The Labute approximate surface area is 103 Å². The summed E-state index contributed by atoms with van der Waals surface area (Å²) < 4.78 is 63.4. The molecular formula is C10H13F3N2O2S. The molecule has 0 spiro atoms. The highest BCUT2D eigenvalue weighted by atomic mass is 32.2. The number of anilines is 1. The lowest BCUT2D eigenvalue weighted by Gasteiger charge is -2.08. The van der Waals surface area contributed by atoms with Gasteiger partial charge in [0.2, 0.25) is 10.0 Å². The molecule has 0 aliphatic carbocycles. The molecule has 1 aromatic rings. The molecule has 18 heavy (non-hydrogen) atoms. The van der Waals surface area contributed by atoms with Gasteiger partial charge in [-0.25, -0.2) is 21.6 Å². The second-order valence-corrected chi connectivity index (χ2v) is 5.47. The molecule has 0 heterocycles. The summed E-state index contributed by atoms with van der Waals surface area (Å²) in [6.45, 7) is 0.493. The van der Waals surface area contributed by atoms with Crippen LogP contribution in [0.2, 0.25) is 0 Å². The Morgan fingerprint density at radius 1 is 1.17 bits per heavy atom. The molecule has 1 aromatic carbocycles. The molecule has 0 aromatic heterocycles. The largest absolute Gasteiger partial charge is 0.320 e. The minimum absolute atomic E-state index is 0.200. The summed E-state index contributed by atoms with van der Waals surface area (Å²) in [5, 5.41) is 2.77. The minimum Gasteiger partial charge on any atom is -0.320 e. The average Bonchev–Trinajstić information content (AvgIpc) is 2.25. The maximum atomic E-state index is 12.9. The molecule has 102 valence electrons. The van der Waals surface area contributed by atoms with Crippen molar-refractivity contribution >= 4 is 15.7 Å². The fourth-order valence-corrected chi connectivity index (χ4v) is 2.39. The van der Waals surface area contributed by atoms with Gasteiger partial charge in [-0.3, -0.25) is 4.72 Å². The third-order valence-corrected chi connectivity index (χ3v) is 3.47. The van der Waals surface area contributed by atoms with E-state index in [1.165, 1.54) is 0 Å². The monoisotopic (exact) mass is 282 g/mol. The SMILES string of the molecule is CNCCCS(=O)(=O)Nc1cc(F)c(F)c(F)c1. The topological polar surface area (TPSA) is 58.2 Å². The smallest absolute Gasteiger partial charge is 0.232 e. The molecule has 0 bridgehead atoms. The lowest BCUT2D eigenvalue weighted by atomic mass is 10.3. The van der Waals surface area contributed by atoms with Crippen molar-refractivity contribution in [3.05, 3.63) is 29.6 Å². The average molecular weight is 282 g/mol. The van der Waals surface area contributed by atoms with Crippen LogP contribution in [0.15, 0.2) is 12.1 Å². The quantitative estimate of drug-likeness (QED) is 0.613. The van der Waals surface area contributed by atoms with Crippen LogP contribution in [0.1, 0.15) is 6.42 Å². The molecule has 2 N–H and O–H groups in total. The van der Waals surface area contributed by atoms with Crippen molar-refractivity contribution in [2.24, 2.45) is 0 Å². The highest BCUT2D eigenvalue weighted by molar-refractivity contribution is 7.92. The summed E-state index contributed by atoms with van der Waals surface area (Å²) >= 11 is 0. The number of hydrogen-bond acceptors (Lipinski definition) is 3. The van der Waals surface area contributed by atoms with E-state index in [1.54, 1.807) is 7.05 Å². The molecule has 0 aliphatic heterocycles. The first kappa shape index (κ1) is 14.8. The van der Waals surface area contributed by atoms with Crippen molar-refractivity contribution in [3.63, 3.8) is 0 Å². The zero-order chi connectivity index (χ0) is 13.8. The van der Waals surface area contributed by atoms with Gasteiger partial charge in [0.25, 0.3) is 0 Å². The van der Waals surface area contributed by atoms with Gasteiger partial charge in [-0.15, -0.1) is 0 Å². The fraction of sp³-hybridized carbons (Fsp3) is 0.400. The van der Waals surface area contributed by atoms with E-state index in [1.807, 2.05) is 4.72 Å². The predicted molar refractivity (Wildman–Crippen MR) is 62.3 cm³/mol. The maximum absolute atomic E-state index is 12.9. The molecule has 0 aliphatic rings. The van der Waals surface area contributed by atoms with Gasteiger partial charge in [-0.1, -0.05) is 0 Å². The molecule has 0 unspecified atom stereocenters. The molecule has 0 amide bonds. The van der Waals surface area contributed by atoms with Crippen LogP contribution in [0.4, 0.5) is 18.9 Å². The van der Waals surface area contributed by atoms with Crippen LogP contribution in [0, 0.1) is 17.5 Å². The third-order valence-electron chi connectivity index (χ3n) is 2.10. The third kappa shape index (κ3) is 4.19. The van der Waals surface area contributed by atoms with Crippen molar-refractivity contribution in [2.45, 2.75) is 6.42 Å². The first-order valence-corrected chi connectivity index (χ1v) is 6.80. The lowest BCUT2D eigenvalue weighted by Crippen LogP contribution is -2.20. The predicted octanol–water partition coefficient (Wildman–Crippen LogP) is 1.46. The molecule has 0 fully saturated rings. The van der Waals surface area contributed by atoms with E-state index in [-0.39, 0.29) is 11.4 Å². The first-order valence-electron chi connectivity index (χ1n) is 5.15. The van der Waals surface area contributed by atoms with Crippen molar-refractivity contribution in [2.75, 3.05) is 24.1 Å². The number of halogens is 3. The Hall–Kier alpha value is -1.28. The van der Waals surface area contributed by atoms with Gasteiger partial charge in [-0.05, 0) is 20.0 Å². The van der Waals surface area contributed by atoms with Gasteiger partial charge in [0.05, 0.1) is 11.4 Å². The van der Waals surface area contributed by atoms with E-state index >= 15 is 0 Å². The van der Waals surface area contributed by atoms with E-state index in [4.69, 9.17) is 0 Å². The van der Waals surface area contributed by atoms with Crippen molar-refractivity contribution in [1.29, 1.82) is 0 Å². The summed E-state index contributed by atoms with van der Waals surface area (Å²) in [7, 11) is -2.03. The molecule has 4 nitrogen and oxygen atoms in total. The van der Waals surface area contributed by atoms with Crippen LogP contribution in [0.5, 0.6) is 0 Å². The normalized spacial score (nSPS) is 11.6. The van der Waals surface area contributed by atoms with Crippen LogP contribution in [-0.4, -0.2) is 27.8 Å². The van der Waals surface area contributed by atoms with Gasteiger partial charge in [0.15, 0.2) is 17.5 Å². The number of nitrogens with one attached hydrogen (secondary N) is 2. The molecular weight excluding hydrogens is 269 g/mol. The molecule has 0 radical (unpaired) electrons. The van der Waals surface area contributed by atoms with E-state index in [2.05, 4.69) is 5.32 Å². The number of sulfonamides is 1. The summed E-state index contributed by atoms with van der Waals surface area (Å²) in [6, 6.07) is 1.18. The zero-order valence-corrected chi connectivity index (χ0v) is 10.5. The van der Waals surface area contributed by atoms with Crippen LogP contribution in [-0.2, 0) is 10.0 Å². The van der Waals surface area contributed by atoms with Gasteiger partial charge in [0, 0.05) is 12.1 Å². The molecule has 0 saturated heterocycles. The summed E-state index contributed by atoms with van der Waals surface area (Å²) in [5.41, 5.74) is -0.337. The molecule has 1 rings (SSSR count). The minimum atomic E-state index is -3.70. The van der Waals surface area contributed by atoms with E-state index < -0.39 is 27.5 Å².